The van der Waals surface area contributed by atoms with Gasteiger partial charge in [-0.25, -0.2) is 4.68 Å². The van der Waals surface area contributed by atoms with Crippen molar-refractivity contribution in [1.29, 1.82) is 0 Å². The quantitative estimate of drug-likeness (QED) is 0.550. The van der Waals surface area contributed by atoms with Crippen molar-refractivity contribution >= 4 is 29.4 Å². The van der Waals surface area contributed by atoms with Crippen molar-refractivity contribution in [2.75, 3.05) is 28.4 Å². The summed E-state index contributed by atoms with van der Waals surface area (Å²) in [5, 5.41) is 3.87. The molecule has 1 aliphatic carbocycles. The highest BCUT2D eigenvalue weighted by Crippen LogP contribution is 2.34. The first-order valence-corrected chi connectivity index (χ1v) is 7.88. The van der Waals surface area contributed by atoms with Gasteiger partial charge >= 0.3 is 0 Å². The van der Waals surface area contributed by atoms with Crippen LogP contribution < -0.4 is 5.56 Å². The Balaban J connectivity index is 2.50. The first-order valence-electron chi connectivity index (χ1n) is 7.12. The molecular weight excluding hydrogens is 371 g/mol. The molecule has 1 heterocycles. The third-order valence-electron chi connectivity index (χ3n) is 3.83. The molecule has 7 nitrogen and oxygen atoms in total. The molecule has 0 atom stereocenters. The summed E-state index contributed by atoms with van der Waals surface area (Å²) in [7, 11) is 5.99. The number of hydrogen-bond donors (Lipinski definition) is 0. The van der Waals surface area contributed by atoms with Crippen LogP contribution in [0.5, 0.6) is 0 Å². The molecule has 0 aromatic carbocycles. The molecule has 0 spiro atoms. The number of ether oxygens (including phenoxy) is 4. The maximum absolute atomic E-state index is 12.1. The van der Waals surface area contributed by atoms with Crippen LogP contribution in [0, 0.1) is 0 Å². The van der Waals surface area contributed by atoms with E-state index in [0.717, 1.165) is 4.68 Å². The highest BCUT2D eigenvalue weighted by atomic mass is 35.5. The van der Waals surface area contributed by atoms with E-state index in [9.17, 15) is 4.79 Å². The van der Waals surface area contributed by atoms with Gasteiger partial charge in [-0.2, -0.15) is 5.10 Å². The van der Waals surface area contributed by atoms with Crippen LogP contribution in [0.4, 0.5) is 0 Å². The molecule has 0 aliphatic heterocycles. The topological polar surface area (TPSA) is 71.8 Å². The van der Waals surface area contributed by atoms with Gasteiger partial charge in [0, 0.05) is 40.2 Å². The molecule has 25 heavy (non-hydrogen) atoms. The van der Waals surface area contributed by atoms with Gasteiger partial charge in [-0.1, -0.05) is 23.2 Å². The number of nitrogens with zero attached hydrogens (tertiary/aromatic N) is 2. The first kappa shape index (κ1) is 19.8. The molecule has 0 N–H and O–H groups in total. The summed E-state index contributed by atoms with van der Waals surface area (Å²) in [5.74, 6) is -2.26. The van der Waals surface area contributed by atoms with Gasteiger partial charge in [0.05, 0.1) is 11.2 Å². The van der Waals surface area contributed by atoms with Gasteiger partial charge < -0.3 is 18.9 Å². The van der Waals surface area contributed by atoms with E-state index in [2.05, 4.69) is 5.10 Å². The van der Waals surface area contributed by atoms with E-state index in [-0.39, 0.29) is 10.0 Å². The molecular formula is C16H18Cl2N2O5. The summed E-state index contributed by atoms with van der Waals surface area (Å²) >= 11 is 11.6. The molecule has 0 unspecified atom stereocenters. The van der Waals surface area contributed by atoms with E-state index in [1.807, 2.05) is 0 Å². The Morgan fingerprint density at radius 2 is 1.72 bits per heavy atom. The second kappa shape index (κ2) is 7.82. The monoisotopic (exact) mass is 388 g/mol. The lowest BCUT2D eigenvalue weighted by atomic mass is 9.95. The Morgan fingerprint density at radius 3 is 2.28 bits per heavy atom. The van der Waals surface area contributed by atoms with Crippen LogP contribution in [0.25, 0.3) is 6.20 Å². The Morgan fingerprint density at radius 1 is 1.08 bits per heavy atom. The summed E-state index contributed by atoms with van der Waals surface area (Å²) in [5.41, 5.74) is -0.0222. The normalized spacial score (nSPS) is 18.6. The van der Waals surface area contributed by atoms with Crippen LogP contribution in [0.15, 0.2) is 40.9 Å². The predicted octanol–water partition coefficient (Wildman–Crippen LogP) is 2.50. The van der Waals surface area contributed by atoms with Gasteiger partial charge in [0.15, 0.2) is 0 Å². The van der Waals surface area contributed by atoms with Crippen LogP contribution in [0.3, 0.4) is 0 Å². The zero-order chi connectivity index (χ0) is 18.7. The second-order valence-electron chi connectivity index (χ2n) is 5.01. The molecule has 0 saturated heterocycles. The number of aromatic nitrogens is 2. The third-order valence-corrected chi connectivity index (χ3v) is 4.58. The molecule has 0 saturated carbocycles. The average molecular weight is 389 g/mol. The van der Waals surface area contributed by atoms with Crippen LogP contribution in [-0.2, 0) is 18.9 Å². The van der Waals surface area contributed by atoms with Crippen LogP contribution in [0.1, 0.15) is 0 Å². The van der Waals surface area contributed by atoms with E-state index in [1.165, 1.54) is 40.8 Å². The zero-order valence-corrected chi connectivity index (χ0v) is 15.7. The molecule has 0 fully saturated rings. The minimum absolute atomic E-state index is 0.0806. The maximum Gasteiger partial charge on any atom is 0.291 e. The summed E-state index contributed by atoms with van der Waals surface area (Å²) in [6.07, 6.45) is 9.27. The van der Waals surface area contributed by atoms with Crippen molar-refractivity contribution < 1.29 is 18.9 Å². The van der Waals surface area contributed by atoms with Crippen molar-refractivity contribution in [3.05, 3.63) is 56.5 Å². The fraction of sp³-hybridized carbons (Fsp3) is 0.375. The van der Waals surface area contributed by atoms with E-state index in [1.54, 1.807) is 24.3 Å². The Bertz CT molecular complexity index is 777. The minimum atomic E-state index is -1.17. The van der Waals surface area contributed by atoms with Gasteiger partial charge in [0.2, 0.25) is 11.6 Å². The van der Waals surface area contributed by atoms with Crippen LogP contribution in [0.2, 0.25) is 10.0 Å². The van der Waals surface area contributed by atoms with Crippen molar-refractivity contribution in [2.45, 2.75) is 11.6 Å². The number of methoxy groups -OCH3 is 4. The summed E-state index contributed by atoms with van der Waals surface area (Å²) in [6, 6.07) is 0. The van der Waals surface area contributed by atoms with Crippen molar-refractivity contribution in [3.8, 4) is 0 Å². The summed E-state index contributed by atoms with van der Waals surface area (Å²) in [6.45, 7) is 0. The standard InChI is InChI=1S/C16H18Cl2N2O5/c1-22-15(23-2)6-7-16(24-3,25-4)11(9-15)5-8-20-14(21)13(18)12(17)10-19-20/h5-10H,1-4H3/b8-5+. The Kier molecular flexibility index (Phi) is 6.21. The molecule has 0 bridgehead atoms. The van der Waals surface area contributed by atoms with E-state index >= 15 is 0 Å². The molecule has 1 aliphatic rings. The first-order chi connectivity index (χ1) is 11.9. The average Bonchev–Trinajstić information content (AvgIpc) is 2.65. The van der Waals surface area contributed by atoms with Crippen molar-refractivity contribution in [3.63, 3.8) is 0 Å². The fourth-order valence-corrected chi connectivity index (χ4v) is 2.59. The molecule has 1 aromatic rings. The highest BCUT2D eigenvalue weighted by Gasteiger charge is 2.39. The van der Waals surface area contributed by atoms with E-state index in [0.29, 0.717) is 5.57 Å². The van der Waals surface area contributed by atoms with Crippen molar-refractivity contribution in [2.24, 2.45) is 0 Å². The SMILES string of the molecule is COC1(OC)C=CC(OC)(OC)C(/C=C/n2ncc(Cl)c(Cl)c2=O)=C1. The van der Waals surface area contributed by atoms with Gasteiger partial charge in [-0.15, -0.1) is 0 Å². The number of hydrogen-bond acceptors (Lipinski definition) is 6. The predicted molar refractivity (Wildman–Crippen MR) is 94.6 cm³/mol. The molecule has 0 amide bonds. The number of rotatable bonds is 6. The molecule has 136 valence electrons. The maximum atomic E-state index is 12.1. The lowest BCUT2D eigenvalue weighted by Crippen LogP contribution is -2.41. The molecule has 0 radical (unpaired) electrons. The van der Waals surface area contributed by atoms with Crippen LogP contribution >= 0.6 is 23.2 Å². The summed E-state index contributed by atoms with van der Waals surface area (Å²) < 4.78 is 22.8. The Hall–Kier alpha value is -1.48. The molecule has 9 heteroatoms. The van der Waals surface area contributed by atoms with Crippen LogP contribution in [-0.4, -0.2) is 49.8 Å². The number of halogens is 2. The highest BCUT2D eigenvalue weighted by molar-refractivity contribution is 6.41. The smallest absolute Gasteiger partial charge is 0.291 e. The van der Waals surface area contributed by atoms with Gasteiger partial charge in [-0.05, 0) is 24.3 Å². The second-order valence-corrected chi connectivity index (χ2v) is 5.80. The van der Waals surface area contributed by atoms with E-state index < -0.39 is 17.1 Å². The molecule has 2 rings (SSSR count). The summed E-state index contributed by atoms with van der Waals surface area (Å²) in [4.78, 5) is 12.1. The van der Waals surface area contributed by atoms with E-state index in [4.69, 9.17) is 42.1 Å². The Labute approximate surface area is 155 Å². The fourth-order valence-electron chi connectivity index (χ4n) is 2.33. The van der Waals surface area contributed by atoms with Crippen molar-refractivity contribution in [1.82, 2.24) is 9.78 Å². The lowest BCUT2D eigenvalue weighted by molar-refractivity contribution is -0.164. The van der Waals surface area contributed by atoms with Gasteiger partial charge in [0.1, 0.15) is 5.02 Å². The minimum Gasteiger partial charge on any atom is -0.346 e. The third kappa shape index (κ3) is 3.72. The zero-order valence-electron chi connectivity index (χ0n) is 14.2. The largest absolute Gasteiger partial charge is 0.346 e. The van der Waals surface area contributed by atoms with Gasteiger partial charge in [0.25, 0.3) is 5.56 Å². The lowest BCUT2D eigenvalue weighted by Gasteiger charge is -2.36. The molecule has 1 aromatic heterocycles. The van der Waals surface area contributed by atoms with Gasteiger partial charge in [-0.3, -0.25) is 4.79 Å².